The topological polar surface area (TPSA) is 55.2 Å². The highest BCUT2D eigenvalue weighted by molar-refractivity contribution is 7.16. The van der Waals surface area contributed by atoms with E-state index in [1.807, 2.05) is 34.7 Å². The van der Waals surface area contributed by atoms with E-state index < -0.39 is 0 Å². The minimum atomic E-state index is -0.0784. The standard InChI is InChI=1S/C16H17N3O2S2/c1-2-18(10-12-4-3-8-22-12)14(20)5-7-19-11-17-15-13(16(19)21)6-9-23-15/h3-4,6,8-9,11H,2,5,7,10H2,1H3. The van der Waals surface area contributed by atoms with Crippen LogP contribution in [0.4, 0.5) is 0 Å². The molecule has 0 aliphatic carbocycles. The summed E-state index contributed by atoms with van der Waals surface area (Å²) in [5, 5.41) is 4.49. The molecule has 5 nitrogen and oxygen atoms in total. The molecular weight excluding hydrogens is 330 g/mol. The Kier molecular flexibility index (Phi) is 4.88. The molecule has 0 unspecified atom stereocenters. The van der Waals surface area contributed by atoms with Crippen molar-refractivity contribution in [2.75, 3.05) is 6.54 Å². The largest absolute Gasteiger partial charge is 0.338 e. The summed E-state index contributed by atoms with van der Waals surface area (Å²) in [6.45, 7) is 3.62. The van der Waals surface area contributed by atoms with Crippen LogP contribution in [0.3, 0.4) is 0 Å². The van der Waals surface area contributed by atoms with Gasteiger partial charge in [0.1, 0.15) is 4.83 Å². The summed E-state index contributed by atoms with van der Waals surface area (Å²) in [4.78, 5) is 32.7. The quantitative estimate of drug-likeness (QED) is 0.689. The third kappa shape index (κ3) is 3.51. The maximum atomic E-state index is 12.4. The van der Waals surface area contributed by atoms with Gasteiger partial charge in [-0.3, -0.25) is 14.2 Å². The molecule has 0 aromatic carbocycles. The first-order chi connectivity index (χ1) is 11.2. The number of carbonyl (C=O) groups excluding carboxylic acids is 1. The van der Waals surface area contributed by atoms with Crippen molar-refractivity contribution in [1.82, 2.24) is 14.5 Å². The van der Waals surface area contributed by atoms with Crippen LogP contribution in [-0.2, 0) is 17.9 Å². The molecule has 3 rings (SSSR count). The van der Waals surface area contributed by atoms with Gasteiger partial charge in [0.25, 0.3) is 5.56 Å². The van der Waals surface area contributed by atoms with E-state index in [9.17, 15) is 9.59 Å². The lowest BCUT2D eigenvalue weighted by molar-refractivity contribution is -0.131. The number of carbonyl (C=O) groups is 1. The molecule has 0 saturated heterocycles. The van der Waals surface area contributed by atoms with Crippen LogP contribution in [0, 0.1) is 0 Å². The molecule has 0 radical (unpaired) electrons. The van der Waals surface area contributed by atoms with Crippen molar-refractivity contribution < 1.29 is 4.79 Å². The fraction of sp³-hybridized carbons (Fsp3) is 0.312. The second-order valence-corrected chi connectivity index (χ2v) is 7.05. The molecule has 1 amide bonds. The van der Waals surface area contributed by atoms with Crippen LogP contribution in [0.15, 0.2) is 40.1 Å². The number of hydrogen-bond donors (Lipinski definition) is 0. The normalized spacial score (nSPS) is 11.0. The SMILES string of the molecule is CCN(Cc1cccs1)C(=O)CCn1cnc2sccc2c1=O. The first-order valence-corrected chi connectivity index (χ1v) is 9.17. The lowest BCUT2D eigenvalue weighted by atomic mass is 10.3. The van der Waals surface area contributed by atoms with Gasteiger partial charge in [-0.15, -0.1) is 22.7 Å². The number of aromatic nitrogens is 2. The van der Waals surface area contributed by atoms with Crippen LogP contribution in [0.2, 0.25) is 0 Å². The first kappa shape index (κ1) is 15.9. The van der Waals surface area contributed by atoms with E-state index in [4.69, 9.17) is 0 Å². The number of aryl methyl sites for hydroxylation is 1. The molecule has 0 spiro atoms. The Morgan fingerprint density at radius 1 is 1.30 bits per heavy atom. The van der Waals surface area contributed by atoms with E-state index in [1.54, 1.807) is 17.4 Å². The lowest BCUT2D eigenvalue weighted by Gasteiger charge is -2.20. The number of hydrogen-bond acceptors (Lipinski definition) is 5. The van der Waals surface area contributed by atoms with Crippen molar-refractivity contribution in [1.29, 1.82) is 0 Å². The summed E-state index contributed by atoms with van der Waals surface area (Å²) in [7, 11) is 0. The van der Waals surface area contributed by atoms with Crippen LogP contribution in [0.25, 0.3) is 10.2 Å². The summed E-state index contributed by atoms with van der Waals surface area (Å²) in [5.41, 5.74) is -0.0784. The zero-order chi connectivity index (χ0) is 16.2. The molecule has 0 fully saturated rings. The molecule has 3 aromatic heterocycles. The molecule has 23 heavy (non-hydrogen) atoms. The van der Waals surface area contributed by atoms with E-state index in [0.29, 0.717) is 31.4 Å². The number of amides is 1. The summed E-state index contributed by atoms with van der Waals surface area (Å²) in [6.07, 6.45) is 1.83. The third-order valence-electron chi connectivity index (χ3n) is 3.68. The van der Waals surface area contributed by atoms with Gasteiger partial charge in [0, 0.05) is 24.4 Å². The molecule has 7 heteroatoms. The second kappa shape index (κ2) is 7.06. The van der Waals surface area contributed by atoms with Crippen molar-refractivity contribution in [3.63, 3.8) is 0 Å². The Bertz CT molecular complexity index is 852. The fourth-order valence-electron chi connectivity index (χ4n) is 2.39. The Morgan fingerprint density at radius 2 is 2.17 bits per heavy atom. The number of thiophene rings is 2. The Balaban J connectivity index is 1.67. The Hall–Kier alpha value is -1.99. The monoisotopic (exact) mass is 347 g/mol. The average Bonchev–Trinajstić information content (AvgIpc) is 3.23. The zero-order valence-corrected chi connectivity index (χ0v) is 14.4. The number of rotatable bonds is 6. The smallest absolute Gasteiger partial charge is 0.262 e. The minimum absolute atomic E-state index is 0.0539. The van der Waals surface area contributed by atoms with Crippen molar-refractivity contribution in [3.8, 4) is 0 Å². The van der Waals surface area contributed by atoms with Crippen molar-refractivity contribution in [3.05, 3.63) is 50.5 Å². The fourth-order valence-corrected chi connectivity index (χ4v) is 3.84. The molecule has 0 atom stereocenters. The first-order valence-electron chi connectivity index (χ1n) is 7.42. The predicted octanol–water partition coefficient (Wildman–Crippen LogP) is 2.96. The average molecular weight is 347 g/mol. The van der Waals surface area contributed by atoms with Gasteiger partial charge >= 0.3 is 0 Å². The maximum Gasteiger partial charge on any atom is 0.262 e. The molecule has 3 aromatic rings. The third-order valence-corrected chi connectivity index (χ3v) is 5.36. The van der Waals surface area contributed by atoms with Gasteiger partial charge in [0.15, 0.2) is 0 Å². The molecule has 120 valence electrons. The van der Waals surface area contributed by atoms with E-state index in [2.05, 4.69) is 4.98 Å². The Labute approximate surface area is 141 Å². The van der Waals surface area contributed by atoms with Gasteiger partial charge < -0.3 is 4.90 Å². The van der Waals surface area contributed by atoms with Gasteiger partial charge in [-0.1, -0.05) is 6.07 Å². The zero-order valence-electron chi connectivity index (χ0n) is 12.8. The molecule has 0 saturated carbocycles. The number of fused-ring (bicyclic) bond motifs is 1. The molecule has 0 aliphatic rings. The molecule has 0 bridgehead atoms. The van der Waals surface area contributed by atoms with E-state index in [0.717, 1.165) is 4.83 Å². The van der Waals surface area contributed by atoms with E-state index >= 15 is 0 Å². The minimum Gasteiger partial charge on any atom is -0.338 e. The second-order valence-electron chi connectivity index (χ2n) is 5.12. The van der Waals surface area contributed by atoms with Crippen molar-refractivity contribution >= 4 is 38.8 Å². The van der Waals surface area contributed by atoms with Crippen LogP contribution in [0.1, 0.15) is 18.2 Å². The summed E-state index contributed by atoms with van der Waals surface area (Å²) < 4.78 is 1.52. The van der Waals surface area contributed by atoms with Gasteiger partial charge in [-0.2, -0.15) is 0 Å². The lowest BCUT2D eigenvalue weighted by Crippen LogP contribution is -2.32. The Morgan fingerprint density at radius 3 is 2.91 bits per heavy atom. The van der Waals surface area contributed by atoms with E-state index in [1.165, 1.54) is 27.1 Å². The predicted molar refractivity (Wildman–Crippen MR) is 93.9 cm³/mol. The number of nitrogens with zero attached hydrogens (tertiary/aromatic N) is 3. The highest BCUT2D eigenvalue weighted by Gasteiger charge is 2.13. The maximum absolute atomic E-state index is 12.4. The van der Waals surface area contributed by atoms with Gasteiger partial charge in [-0.25, -0.2) is 4.98 Å². The van der Waals surface area contributed by atoms with Gasteiger partial charge in [0.05, 0.1) is 18.3 Å². The van der Waals surface area contributed by atoms with E-state index in [-0.39, 0.29) is 11.5 Å². The molecule has 3 heterocycles. The molecular formula is C16H17N3O2S2. The highest BCUT2D eigenvalue weighted by Crippen LogP contribution is 2.14. The van der Waals surface area contributed by atoms with Gasteiger partial charge in [-0.05, 0) is 29.8 Å². The van der Waals surface area contributed by atoms with Crippen molar-refractivity contribution in [2.45, 2.75) is 26.4 Å². The molecule has 0 aliphatic heterocycles. The summed E-state index contributed by atoms with van der Waals surface area (Å²) in [6, 6.07) is 5.79. The van der Waals surface area contributed by atoms with Crippen LogP contribution in [-0.4, -0.2) is 26.9 Å². The summed E-state index contributed by atoms with van der Waals surface area (Å²) in [5.74, 6) is 0.0539. The molecule has 0 N–H and O–H groups in total. The van der Waals surface area contributed by atoms with Crippen LogP contribution in [0.5, 0.6) is 0 Å². The summed E-state index contributed by atoms with van der Waals surface area (Å²) >= 11 is 3.09. The van der Waals surface area contributed by atoms with Crippen LogP contribution >= 0.6 is 22.7 Å². The highest BCUT2D eigenvalue weighted by atomic mass is 32.1. The van der Waals surface area contributed by atoms with Crippen LogP contribution < -0.4 is 5.56 Å². The van der Waals surface area contributed by atoms with Crippen molar-refractivity contribution in [2.24, 2.45) is 0 Å². The van der Waals surface area contributed by atoms with Gasteiger partial charge in [0.2, 0.25) is 5.91 Å².